The van der Waals surface area contributed by atoms with Gasteiger partial charge in [-0.1, -0.05) is 59.7 Å². The summed E-state index contributed by atoms with van der Waals surface area (Å²) in [5, 5.41) is 8.52. The first kappa shape index (κ1) is 17.3. The van der Waals surface area contributed by atoms with Crippen molar-refractivity contribution in [3.05, 3.63) is 31.2 Å². The number of aliphatic carboxylic acids is 1. The van der Waals surface area contributed by atoms with Gasteiger partial charge in [-0.05, 0) is 6.42 Å². The molecule has 0 saturated heterocycles. The van der Waals surface area contributed by atoms with Crippen LogP contribution in [0.15, 0.2) is 0 Å². The van der Waals surface area contributed by atoms with E-state index in [1.807, 2.05) is 0 Å². The van der Waals surface area contributed by atoms with Gasteiger partial charge in [0, 0.05) is 0 Å². The Balaban J connectivity index is 2.66. The zero-order valence-electron chi connectivity index (χ0n) is 11.1. The molecule has 0 aromatic heterocycles. The van der Waals surface area contributed by atoms with Gasteiger partial charge in [-0.3, -0.25) is 14.5 Å². The van der Waals surface area contributed by atoms with Crippen LogP contribution in [0.4, 0.5) is 0 Å². The minimum absolute atomic E-state index is 0.109. The Labute approximate surface area is 145 Å². The molecule has 1 aliphatic rings. The number of carboxylic acids is 1. The van der Waals surface area contributed by atoms with E-state index in [-0.39, 0.29) is 37.6 Å². The number of carbonyl (C=O) groups excluding carboxylic acids is 2. The summed E-state index contributed by atoms with van der Waals surface area (Å²) in [5.41, 5.74) is -0.429. The van der Waals surface area contributed by atoms with Crippen molar-refractivity contribution in [1.82, 2.24) is 4.90 Å². The first-order valence-electron chi connectivity index (χ1n) is 6.20. The summed E-state index contributed by atoms with van der Waals surface area (Å²) in [6.07, 6.45) is 0.574. The highest BCUT2D eigenvalue weighted by molar-refractivity contribution is 6.55. The summed E-state index contributed by atoms with van der Waals surface area (Å²) in [6.45, 7) is 1.74. The minimum atomic E-state index is -1.30. The van der Waals surface area contributed by atoms with Crippen molar-refractivity contribution in [2.45, 2.75) is 25.8 Å². The molecule has 1 heterocycles. The van der Waals surface area contributed by atoms with Gasteiger partial charge in [0.05, 0.1) is 31.2 Å². The Hall–Kier alpha value is -1.01. The highest BCUT2D eigenvalue weighted by Crippen LogP contribution is 2.45. The average Bonchev–Trinajstić information content (AvgIpc) is 2.72. The standard InChI is InChI=1S/C13H9Cl4NO4/c1-2-3-4(13(21)22)18-11(19)5-6(12(18)20)8(15)10(17)9(16)7(5)14/h4H,2-3H2,1H3,(H,21,22)/t4-/m1/s1. The van der Waals surface area contributed by atoms with Crippen molar-refractivity contribution in [2.24, 2.45) is 0 Å². The van der Waals surface area contributed by atoms with Crippen LogP contribution in [0.25, 0.3) is 0 Å². The van der Waals surface area contributed by atoms with E-state index < -0.39 is 23.8 Å². The second kappa shape index (κ2) is 6.24. The molecular weight excluding hydrogens is 376 g/mol. The fourth-order valence-corrected chi connectivity index (χ4v) is 3.30. The Morgan fingerprint density at radius 2 is 1.41 bits per heavy atom. The number of carbonyl (C=O) groups is 3. The molecule has 1 N–H and O–H groups in total. The highest BCUT2D eigenvalue weighted by atomic mass is 35.5. The van der Waals surface area contributed by atoms with Crippen LogP contribution in [0.3, 0.4) is 0 Å². The topological polar surface area (TPSA) is 74.7 Å². The van der Waals surface area contributed by atoms with Crippen molar-refractivity contribution in [3.63, 3.8) is 0 Å². The Kier molecular flexibility index (Phi) is 4.92. The molecule has 1 aliphatic heterocycles. The van der Waals surface area contributed by atoms with Gasteiger partial charge < -0.3 is 5.11 Å². The molecule has 0 radical (unpaired) electrons. The predicted molar refractivity (Wildman–Crippen MR) is 83.3 cm³/mol. The maximum atomic E-state index is 12.5. The van der Waals surface area contributed by atoms with E-state index in [1.165, 1.54) is 0 Å². The molecule has 0 unspecified atom stereocenters. The Bertz CT molecular complexity index is 657. The fourth-order valence-electron chi connectivity index (χ4n) is 2.29. The number of fused-ring (bicyclic) bond motifs is 1. The van der Waals surface area contributed by atoms with Gasteiger partial charge in [0.15, 0.2) is 0 Å². The molecule has 5 nitrogen and oxygen atoms in total. The van der Waals surface area contributed by atoms with Gasteiger partial charge in [-0.25, -0.2) is 4.79 Å². The van der Waals surface area contributed by atoms with Crippen LogP contribution in [-0.4, -0.2) is 33.8 Å². The number of hydrogen-bond acceptors (Lipinski definition) is 3. The van der Waals surface area contributed by atoms with Crippen molar-refractivity contribution in [1.29, 1.82) is 0 Å². The van der Waals surface area contributed by atoms with E-state index in [0.717, 1.165) is 0 Å². The smallest absolute Gasteiger partial charge is 0.326 e. The zero-order chi connectivity index (χ0) is 16.8. The van der Waals surface area contributed by atoms with Gasteiger partial charge in [0.2, 0.25) is 0 Å². The maximum absolute atomic E-state index is 12.5. The lowest BCUT2D eigenvalue weighted by atomic mass is 10.1. The quantitative estimate of drug-likeness (QED) is 0.480. The minimum Gasteiger partial charge on any atom is -0.480 e. The van der Waals surface area contributed by atoms with Crippen molar-refractivity contribution in [2.75, 3.05) is 0 Å². The monoisotopic (exact) mass is 383 g/mol. The second-order valence-corrected chi connectivity index (χ2v) is 6.14. The summed E-state index contributed by atoms with van der Waals surface area (Å²) in [5.74, 6) is -2.97. The van der Waals surface area contributed by atoms with Crippen LogP contribution in [-0.2, 0) is 4.79 Å². The zero-order valence-corrected chi connectivity index (χ0v) is 14.1. The molecule has 2 rings (SSSR count). The van der Waals surface area contributed by atoms with Crippen LogP contribution < -0.4 is 0 Å². The van der Waals surface area contributed by atoms with E-state index in [1.54, 1.807) is 6.92 Å². The molecule has 0 aliphatic carbocycles. The SMILES string of the molecule is CCC[C@H](C(=O)O)N1C(=O)c2c(Cl)c(Cl)c(Cl)c(Cl)c2C1=O. The van der Waals surface area contributed by atoms with Gasteiger partial charge in [0.1, 0.15) is 6.04 Å². The van der Waals surface area contributed by atoms with E-state index >= 15 is 0 Å². The number of carboxylic acid groups (broad SMARTS) is 1. The van der Waals surface area contributed by atoms with E-state index in [2.05, 4.69) is 0 Å². The van der Waals surface area contributed by atoms with Crippen LogP contribution in [0, 0.1) is 0 Å². The number of hydrogen-bond donors (Lipinski definition) is 1. The van der Waals surface area contributed by atoms with Crippen LogP contribution in [0.2, 0.25) is 20.1 Å². The highest BCUT2D eigenvalue weighted by Gasteiger charge is 2.46. The van der Waals surface area contributed by atoms with Gasteiger partial charge >= 0.3 is 5.97 Å². The molecule has 0 fully saturated rings. The lowest BCUT2D eigenvalue weighted by Crippen LogP contribution is -2.44. The molecule has 0 saturated carbocycles. The molecule has 118 valence electrons. The van der Waals surface area contributed by atoms with E-state index in [0.29, 0.717) is 11.3 Å². The summed E-state index contributed by atoms with van der Waals surface area (Å²) in [6, 6.07) is -1.30. The van der Waals surface area contributed by atoms with Crippen molar-refractivity contribution in [3.8, 4) is 0 Å². The molecule has 1 aromatic carbocycles. The summed E-state index contributed by atoms with van der Waals surface area (Å²) < 4.78 is 0. The third-order valence-electron chi connectivity index (χ3n) is 3.29. The lowest BCUT2D eigenvalue weighted by molar-refractivity contribution is -0.141. The van der Waals surface area contributed by atoms with Crippen LogP contribution in [0.5, 0.6) is 0 Å². The molecule has 22 heavy (non-hydrogen) atoms. The molecule has 2 amide bonds. The fraction of sp³-hybridized carbons (Fsp3) is 0.308. The van der Waals surface area contributed by atoms with Gasteiger partial charge in [-0.15, -0.1) is 0 Å². The molecule has 0 bridgehead atoms. The number of benzene rings is 1. The largest absolute Gasteiger partial charge is 0.480 e. The van der Waals surface area contributed by atoms with Crippen LogP contribution in [0.1, 0.15) is 40.5 Å². The third kappa shape index (κ3) is 2.46. The lowest BCUT2D eigenvalue weighted by Gasteiger charge is -2.21. The Morgan fingerprint density at radius 3 is 1.73 bits per heavy atom. The van der Waals surface area contributed by atoms with Crippen LogP contribution >= 0.6 is 46.4 Å². The summed E-state index contributed by atoms with van der Waals surface area (Å²) in [4.78, 5) is 36.9. The first-order chi connectivity index (χ1) is 10.2. The Morgan fingerprint density at radius 1 is 1.00 bits per heavy atom. The van der Waals surface area contributed by atoms with E-state index in [4.69, 9.17) is 46.4 Å². The van der Waals surface area contributed by atoms with Crippen molar-refractivity contribution < 1.29 is 19.5 Å². The third-order valence-corrected chi connectivity index (χ3v) is 5.09. The number of imide groups is 1. The molecule has 1 aromatic rings. The maximum Gasteiger partial charge on any atom is 0.326 e. The predicted octanol–water partition coefficient (Wildman–Crippen LogP) is 4.15. The molecule has 1 atom stereocenters. The second-order valence-electron chi connectivity index (χ2n) is 4.63. The van der Waals surface area contributed by atoms with Gasteiger partial charge in [-0.2, -0.15) is 0 Å². The normalized spacial score (nSPS) is 15.2. The number of amides is 2. The van der Waals surface area contributed by atoms with Gasteiger partial charge in [0.25, 0.3) is 11.8 Å². The number of nitrogens with zero attached hydrogens (tertiary/aromatic N) is 1. The molecule has 0 spiro atoms. The summed E-state index contributed by atoms with van der Waals surface area (Å²) >= 11 is 23.7. The molecular formula is C13H9Cl4NO4. The van der Waals surface area contributed by atoms with E-state index in [9.17, 15) is 19.5 Å². The number of halogens is 4. The molecule has 9 heteroatoms. The average molecular weight is 385 g/mol. The number of rotatable bonds is 4. The summed E-state index contributed by atoms with van der Waals surface area (Å²) in [7, 11) is 0. The first-order valence-corrected chi connectivity index (χ1v) is 7.71. The van der Waals surface area contributed by atoms with Crippen molar-refractivity contribution >= 4 is 64.2 Å².